The lowest BCUT2D eigenvalue weighted by Gasteiger charge is -2.13. The first-order valence-electron chi connectivity index (χ1n) is 6.35. The minimum Gasteiger partial charge on any atom is -0.354 e. The second-order valence-electron chi connectivity index (χ2n) is 4.80. The Morgan fingerprint density at radius 2 is 1.79 bits per heavy atom. The van der Waals surface area contributed by atoms with E-state index >= 15 is 0 Å². The third kappa shape index (κ3) is 5.52. The largest absolute Gasteiger partial charge is 0.354 e. The number of amides is 2. The topological polar surface area (TPSA) is 84.2 Å². The van der Waals surface area contributed by atoms with Gasteiger partial charge in [-0.3, -0.25) is 9.59 Å². The summed E-state index contributed by atoms with van der Waals surface area (Å²) in [6, 6.07) is 8.30. The summed E-state index contributed by atoms with van der Waals surface area (Å²) in [7, 11) is 0. The quantitative estimate of drug-likeness (QED) is 0.701. The van der Waals surface area contributed by atoms with Crippen LogP contribution in [-0.2, 0) is 9.59 Å². The van der Waals surface area contributed by atoms with Gasteiger partial charge in [-0.15, -0.1) is 0 Å². The number of nitrogens with two attached hydrogens (primary N) is 1. The van der Waals surface area contributed by atoms with E-state index in [1.54, 1.807) is 12.1 Å². The van der Waals surface area contributed by atoms with Crippen molar-refractivity contribution in [2.24, 2.45) is 11.7 Å². The van der Waals surface area contributed by atoms with Crippen LogP contribution >= 0.6 is 0 Å². The van der Waals surface area contributed by atoms with Crippen LogP contribution in [0.25, 0.3) is 0 Å². The highest BCUT2D eigenvalue weighted by atomic mass is 16.2. The van der Waals surface area contributed by atoms with Gasteiger partial charge >= 0.3 is 0 Å². The van der Waals surface area contributed by atoms with Gasteiger partial charge in [0.25, 0.3) is 0 Å². The first kappa shape index (κ1) is 15.2. The molecule has 1 aromatic carbocycles. The number of rotatable bonds is 6. The van der Waals surface area contributed by atoms with Crippen molar-refractivity contribution in [3.05, 3.63) is 35.9 Å². The summed E-state index contributed by atoms with van der Waals surface area (Å²) in [5.41, 5.74) is 6.53. The number of hydrogen-bond donors (Lipinski definition) is 3. The fraction of sp³-hybridized carbons (Fsp3) is 0.429. The van der Waals surface area contributed by atoms with Crippen molar-refractivity contribution in [2.45, 2.75) is 19.9 Å². The van der Waals surface area contributed by atoms with Crippen molar-refractivity contribution < 1.29 is 9.59 Å². The van der Waals surface area contributed by atoms with Gasteiger partial charge in [0.1, 0.15) is 6.04 Å². The average Bonchev–Trinajstić information content (AvgIpc) is 2.42. The van der Waals surface area contributed by atoms with Gasteiger partial charge < -0.3 is 16.4 Å². The molecule has 0 bridgehead atoms. The van der Waals surface area contributed by atoms with Gasteiger partial charge in [0.05, 0.1) is 6.54 Å². The maximum atomic E-state index is 11.8. The molecule has 104 valence electrons. The summed E-state index contributed by atoms with van der Waals surface area (Å²) >= 11 is 0. The second-order valence-corrected chi connectivity index (χ2v) is 4.80. The van der Waals surface area contributed by atoms with Crippen LogP contribution in [0.5, 0.6) is 0 Å². The van der Waals surface area contributed by atoms with E-state index in [0.29, 0.717) is 12.5 Å². The molecule has 1 aromatic rings. The Bertz CT molecular complexity index is 418. The van der Waals surface area contributed by atoms with Gasteiger partial charge in [0.2, 0.25) is 11.8 Å². The molecule has 0 aliphatic rings. The lowest BCUT2D eigenvalue weighted by molar-refractivity contribution is -0.126. The van der Waals surface area contributed by atoms with Crippen molar-refractivity contribution >= 4 is 11.8 Å². The minimum absolute atomic E-state index is 0.0495. The Labute approximate surface area is 113 Å². The SMILES string of the molecule is CC(C)CNC(=O)CNC(=O)[C@@H](N)c1ccccc1. The van der Waals surface area contributed by atoms with Crippen molar-refractivity contribution in [2.75, 3.05) is 13.1 Å². The number of hydrogen-bond acceptors (Lipinski definition) is 3. The maximum Gasteiger partial charge on any atom is 0.241 e. The molecule has 19 heavy (non-hydrogen) atoms. The predicted molar refractivity (Wildman–Crippen MR) is 74.2 cm³/mol. The van der Waals surface area contributed by atoms with E-state index < -0.39 is 6.04 Å². The predicted octanol–water partition coefficient (Wildman–Crippen LogP) is 0.575. The molecule has 0 aliphatic carbocycles. The molecule has 0 fully saturated rings. The molecular weight excluding hydrogens is 242 g/mol. The molecule has 1 rings (SSSR count). The summed E-state index contributed by atoms with van der Waals surface area (Å²) in [5, 5.41) is 5.25. The van der Waals surface area contributed by atoms with Crippen LogP contribution in [0.3, 0.4) is 0 Å². The van der Waals surface area contributed by atoms with Crippen LogP contribution in [0.4, 0.5) is 0 Å². The summed E-state index contributed by atoms with van der Waals surface area (Å²) in [6.07, 6.45) is 0. The highest BCUT2D eigenvalue weighted by molar-refractivity contribution is 5.87. The molecule has 0 spiro atoms. The molecule has 1 atom stereocenters. The maximum absolute atomic E-state index is 11.8. The Morgan fingerprint density at radius 1 is 1.16 bits per heavy atom. The summed E-state index contributed by atoms with van der Waals surface area (Å²) in [4.78, 5) is 23.2. The molecule has 0 saturated heterocycles. The van der Waals surface area contributed by atoms with Crippen LogP contribution in [0.15, 0.2) is 30.3 Å². The van der Waals surface area contributed by atoms with Gasteiger partial charge in [-0.05, 0) is 11.5 Å². The van der Waals surface area contributed by atoms with Gasteiger partial charge in [0, 0.05) is 6.54 Å². The van der Waals surface area contributed by atoms with Crippen LogP contribution in [0.2, 0.25) is 0 Å². The van der Waals surface area contributed by atoms with Crippen molar-refractivity contribution in [3.63, 3.8) is 0 Å². The summed E-state index contributed by atoms with van der Waals surface area (Å²) < 4.78 is 0. The molecule has 0 aliphatic heterocycles. The van der Waals surface area contributed by atoms with E-state index in [4.69, 9.17) is 5.73 Å². The highest BCUT2D eigenvalue weighted by Crippen LogP contribution is 2.08. The van der Waals surface area contributed by atoms with Gasteiger partial charge in [-0.2, -0.15) is 0 Å². The number of carbonyl (C=O) groups is 2. The molecule has 0 aromatic heterocycles. The minimum atomic E-state index is -0.751. The molecule has 0 saturated carbocycles. The van der Waals surface area contributed by atoms with Crippen LogP contribution in [0.1, 0.15) is 25.5 Å². The second kappa shape index (κ2) is 7.53. The zero-order chi connectivity index (χ0) is 14.3. The Balaban J connectivity index is 2.37. The van der Waals surface area contributed by atoms with Crippen molar-refractivity contribution in [1.82, 2.24) is 10.6 Å². The van der Waals surface area contributed by atoms with Crippen molar-refractivity contribution in [1.29, 1.82) is 0 Å². The highest BCUT2D eigenvalue weighted by Gasteiger charge is 2.15. The van der Waals surface area contributed by atoms with E-state index in [1.165, 1.54) is 0 Å². The van der Waals surface area contributed by atoms with E-state index in [1.807, 2.05) is 32.0 Å². The number of nitrogens with one attached hydrogen (secondary N) is 2. The standard InChI is InChI=1S/C14H21N3O2/c1-10(2)8-16-12(18)9-17-14(19)13(15)11-6-4-3-5-7-11/h3-7,10,13H,8-9,15H2,1-2H3,(H,16,18)(H,17,19)/t13-/m0/s1. The zero-order valence-corrected chi connectivity index (χ0v) is 11.3. The molecule has 0 radical (unpaired) electrons. The first-order chi connectivity index (χ1) is 9.00. The fourth-order valence-electron chi connectivity index (χ4n) is 1.47. The lowest BCUT2D eigenvalue weighted by atomic mass is 10.1. The average molecular weight is 263 g/mol. The zero-order valence-electron chi connectivity index (χ0n) is 11.3. The third-order valence-corrected chi connectivity index (χ3v) is 2.57. The smallest absolute Gasteiger partial charge is 0.241 e. The summed E-state index contributed by atoms with van der Waals surface area (Å²) in [5.74, 6) is -0.181. The third-order valence-electron chi connectivity index (χ3n) is 2.57. The molecular formula is C14H21N3O2. The molecule has 0 heterocycles. The molecule has 5 heteroatoms. The van der Waals surface area contributed by atoms with Crippen molar-refractivity contribution in [3.8, 4) is 0 Å². The van der Waals surface area contributed by atoms with Gasteiger partial charge in [-0.25, -0.2) is 0 Å². The molecule has 2 amide bonds. The normalized spacial score (nSPS) is 12.0. The Hall–Kier alpha value is -1.88. The number of benzene rings is 1. The first-order valence-corrected chi connectivity index (χ1v) is 6.35. The lowest BCUT2D eigenvalue weighted by Crippen LogP contribution is -2.41. The van der Waals surface area contributed by atoms with E-state index in [-0.39, 0.29) is 18.4 Å². The van der Waals surface area contributed by atoms with E-state index in [2.05, 4.69) is 10.6 Å². The van der Waals surface area contributed by atoms with Gasteiger partial charge in [0.15, 0.2) is 0 Å². The van der Waals surface area contributed by atoms with Crippen LogP contribution < -0.4 is 16.4 Å². The summed E-state index contributed by atoms with van der Waals surface area (Å²) in [6.45, 7) is 4.56. The van der Waals surface area contributed by atoms with Crippen LogP contribution in [-0.4, -0.2) is 24.9 Å². The monoisotopic (exact) mass is 263 g/mol. The van der Waals surface area contributed by atoms with Crippen LogP contribution in [0, 0.1) is 5.92 Å². The molecule has 4 N–H and O–H groups in total. The Kier molecular flexibility index (Phi) is 6.02. The Morgan fingerprint density at radius 3 is 2.37 bits per heavy atom. The number of carbonyl (C=O) groups excluding carboxylic acids is 2. The van der Waals surface area contributed by atoms with E-state index in [0.717, 1.165) is 5.56 Å². The fourth-order valence-corrected chi connectivity index (χ4v) is 1.47. The molecule has 0 unspecified atom stereocenters. The molecule has 5 nitrogen and oxygen atoms in total. The van der Waals surface area contributed by atoms with Gasteiger partial charge in [-0.1, -0.05) is 44.2 Å². The van der Waals surface area contributed by atoms with E-state index in [9.17, 15) is 9.59 Å².